The Bertz CT molecular complexity index is 1160. The van der Waals surface area contributed by atoms with Crippen molar-refractivity contribution in [2.45, 2.75) is 44.2 Å². The van der Waals surface area contributed by atoms with Crippen molar-refractivity contribution < 1.29 is 15.0 Å². The third-order valence-corrected chi connectivity index (χ3v) is 6.23. The molecule has 0 unspecified atom stereocenters. The van der Waals surface area contributed by atoms with Gasteiger partial charge in [-0.05, 0) is 30.0 Å². The van der Waals surface area contributed by atoms with Crippen LogP contribution in [0, 0.1) is 0 Å². The average molecular weight is 434 g/mol. The predicted molar refractivity (Wildman–Crippen MR) is 119 cm³/mol. The van der Waals surface area contributed by atoms with Gasteiger partial charge in [0.2, 0.25) is 0 Å². The third-order valence-electron chi connectivity index (χ3n) is 6.23. The van der Waals surface area contributed by atoms with Gasteiger partial charge in [-0.3, -0.25) is 19.3 Å². The van der Waals surface area contributed by atoms with Crippen molar-refractivity contribution in [3.63, 3.8) is 0 Å². The Labute approximate surface area is 185 Å². The van der Waals surface area contributed by atoms with E-state index in [-0.39, 0.29) is 17.7 Å². The average Bonchev–Trinajstić information content (AvgIpc) is 3.30. The first kappa shape index (κ1) is 21.7. The molecule has 1 aliphatic carbocycles. The molecule has 0 bridgehead atoms. The van der Waals surface area contributed by atoms with Crippen molar-refractivity contribution in [2.24, 2.45) is 0 Å². The van der Waals surface area contributed by atoms with Crippen LogP contribution in [-0.2, 0) is 18.6 Å². The summed E-state index contributed by atoms with van der Waals surface area (Å²) in [5.41, 5.74) is 2.49. The number of aliphatic hydroxyl groups excluding tert-OH is 1. The maximum Gasteiger partial charge on any atom is 0.275 e. The van der Waals surface area contributed by atoms with Crippen molar-refractivity contribution in [3.05, 3.63) is 76.0 Å². The number of aliphatic hydroxyl groups is 1. The molecule has 0 radical (unpaired) electrons. The summed E-state index contributed by atoms with van der Waals surface area (Å²) < 4.78 is 1.51. The summed E-state index contributed by atoms with van der Waals surface area (Å²) >= 11 is 0. The number of aromatic hydroxyl groups is 1. The van der Waals surface area contributed by atoms with Gasteiger partial charge in [0, 0.05) is 24.2 Å². The Balaban J connectivity index is 1.65. The highest BCUT2D eigenvalue weighted by Gasteiger charge is 2.36. The van der Waals surface area contributed by atoms with Crippen LogP contribution in [0.25, 0.3) is 11.1 Å². The Kier molecular flexibility index (Phi) is 6.05. The summed E-state index contributed by atoms with van der Waals surface area (Å²) in [6.45, 7) is 0.370. The zero-order valence-electron chi connectivity index (χ0n) is 17.9. The minimum absolute atomic E-state index is 0.0854. The fourth-order valence-corrected chi connectivity index (χ4v) is 4.48. The fourth-order valence-electron chi connectivity index (χ4n) is 4.48. The number of hydrogen-bond acceptors (Lipinski definition) is 6. The summed E-state index contributed by atoms with van der Waals surface area (Å²) in [5, 5.41) is 25.9. The van der Waals surface area contributed by atoms with Gasteiger partial charge in [0.25, 0.3) is 11.3 Å². The van der Waals surface area contributed by atoms with Gasteiger partial charge in [0.1, 0.15) is 0 Å². The van der Waals surface area contributed by atoms with E-state index < -0.39 is 17.1 Å². The number of rotatable bonds is 6. The summed E-state index contributed by atoms with van der Waals surface area (Å²) in [5.74, 6) is -1.11. The Hall–Kier alpha value is -3.52. The van der Waals surface area contributed by atoms with Crippen molar-refractivity contribution >= 4 is 5.91 Å². The predicted octanol–water partition coefficient (Wildman–Crippen LogP) is 2.37. The molecule has 1 aliphatic rings. The van der Waals surface area contributed by atoms with Crippen LogP contribution in [-0.4, -0.2) is 37.9 Å². The van der Waals surface area contributed by atoms with Crippen LogP contribution in [0.2, 0.25) is 0 Å². The SMILES string of the molecule is CNC(=O)c1nn(CC2(c3ccc(-c4ccc(CO)nc4)cc3)CCCC2)cc(O)c1=O. The topological polar surface area (TPSA) is 117 Å². The van der Waals surface area contributed by atoms with E-state index in [2.05, 4.69) is 39.7 Å². The van der Waals surface area contributed by atoms with Crippen LogP contribution in [0.1, 0.15) is 47.4 Å². The number of benzene rings is 1. The zero-order chi connectivity index (χ0) is 22.7. The van der Waals surface area contributed by atoms with E-state index in [0.717, 1.165) is 42.4 Å². The number of pyridine rings is 1. The smallest absolute Gasteiger partial charge is 0.275 e. The largest absolute Gasteiger partial charge is 0.503 e. The van der Waals surface area contributed by atoms with Crippen LogP contribution < -0.4 is 10.7 Å². The van der Waals surface area contributed by atoms with Gasteiger partial charge < -0.3 is 15.5 Å². The van der Waals surface area contributed by atoms with Gasteiger partial charge in [-0.15, -0.1) is 0 Å². The van der Waals surface area contributed by atoms with E-state index >= 15 is 0 Å². The maximum absolute atomic E-state index is 12.1. The molecule has 4 rings (SSSR count). The van der Waals surface area contributed by atoms with Crippen molar-refractivity contribution in [2.75, 3.05) is 7.05 Å². The van der Waals surface area contributed by atoms with E-state index in [1.807, 2.05) is 6.07 Å². The summed E-state index contributed by atoms with van der Waals surface area (Å²) in [4.78, 5) is 28.4. The molecule has 8 nitrogen and oxygen atoms in total. The maximum atomic E-state index is 12.1. The second-order valence-corrected chi connectivity index (χ2v) is 8.23. The molecule has 2 aromatic heterocycles. The number of nitrogens with zero attached hydrogens (tertiary/aromatic N) is 3. The molecular formula is C24H26N4O4. The van der Waals surface area contributed by atoms with Crippen molar-refractivity contribution in [3.8, 4) is 16.9 Å². The Morgan fingerprint density at radius 3 is 2.41 bits per heavy atom. The van der Waals surface area contributed by atoms with Gasteiger partial charge in [0.05, 0.1) is 25.0 Å². The van der Waals surface area contributed by atoms with Crippen LogP contribution >= 0.6 is 0 Å². The molecule has 1 fully saturated rings. The minimum atomic E-state index is -0.772. The molecule has 32 heavy (non-hydrogen) atoms. The van der Waals surface area contributed by atoms with Crippen LogP contribution in [0.3, 0.4) is 0 Å². The molecule has 0 saturated heterocycles. The molecule has 0 atom stereocenters. The molecule has 8 heteroatoms. The third kappa shape index (κ3) is 4.13. The Morgan fingerprint density at radius 1 is 1.12 bits per heavy atom. The van der Waals surface area contributed by atoms with Crippen molar-refractivity contribution in [1.82, 2.24) is 20.1 Å². The lowest BCUT2D eigenvalue weighted by Gasteiger charge is -2.30. The number of nitrogens with one attached hydrogen (secondary N) is 1. The summed E-state index contributed by atoms with van der Waals surface area (Å²) in [6, 6.07) is 12.0. The molecule has 1 aromatic carbocycles. The first-order chi connectivity index (χ1) is 15.5. The standard InChI is InChI=1S/C24H26N4O4/c1-25-23(32)21-22(31)20(30)13-28(27-21)15-24(10-2-3-11-24)18-7-4-16(5-8-18)17-6-9-19(14-29)26-12-17/h4-9,12-13,29-30H,2-3,10-11,14-15H2,1H3,(H,25,32). The van der Waals surface area contributed by atoms with Gasteiger partial charge in [0.15, 0.2) is 11.4 Å². The minimum Gasteiger partial charge on any atom is -0.503 e. The van der Waals surface area contributed by atoms with E-state index in [9.17, 15) is 19.8 Å². The van der Waals surface area contributed by atoms with Gasteiger partial charge in [-0.1, -0.05) is 43.2 Å². The molecule has 2 heterocycles. The van der Waals surface area contributed by atoms with Gasteiger partial charge in [-0.2, -0.15) is 5.10 Å². The van der Waals surface area contributed by atoms with Gasteiger partial charge >= 0.3 is 0 Å². The lowest BCUT2D eigenvalue weighted by molar-refractivity contribution is 0.0953. The highest BCUT2D eigenvalue weighted by Crippen LogP contribution is 2.43. The molecular weight excluding hydrogens is 408 g/mol. The van der Waals surface area contributed by atoms with Crippen LogP contribution in [0.4, 0.5) is 0 Å². The van der Waals surface area contributed by atoms with Crippen LogP contribution in [0.15, 0.2) is 53.6 Å². The first-order valence-electron chi connectivity index (χ1n) is 10.7. The van der Waals surface area contributed by atoms with Crippen LogP contribution in [0.5, 0.6) is 5.75 Å². The molecule has 0 aliphatic heterocycles. The molecule has 1 amide bonds. The van der Waals surface area contributed by atoms with Gasteiger partial charge in [-0.25, -0.2) is 0 Å². The number of hydrogen-bond donors (Lipinski definition) is 3. The normalized spacial score (nSPS) is 14.9. The highest BCUT2D eigenvalue weighted by molar-refractivity contribution is 5.92. The first-order valence-corrected chi connectivity index (χ1v) is 10.7. The number of amides is 1. The van der Waals surface area contributed by atoms with E-state index in [0.29, 0.717) is 12.2 Å². The van der Waals surface area contributed by atoms with E-state index in [1.54, 1.807) is 12.3 Å². The lowest BCUT2D eigenvalue weighted by atomic mass is 9.78. The van der Waals surface area contributed by atoms with E-state index in [1.165, 1.54) is 17.9 Å². The number of carbonyl (C=O) groups is 1. The lowest BCUT2D eigenvalue weighted by Crippen LogP contribution is -2.33. The zero-order valence-corrected chi connectivity index (χ0v) is 17.9. The summed E-state index contributed by atoms with van der Waals surface area (Å²) in [6.07, 6.45) is 7.09. The monoisotopic (exact) mass is 434 g/mol. The molecule has 166 valence electrons. The second-order valence-electron chi connectivity index (χ2n) is 8.23. The van der Waals surface area contributed by atoms with E-state index in [4.69, 9.17) is 0 Å². The molecule has 3 N–H and O–H groups in total. The highest BCUT2D eigenvalue weighted by atomic mass is 16.3. The number of aromatic nitrogens is 3. The fraction of sp³-hybridized carbons (Fsp3) is 0.333. The van der Waals surface area contributed by atoms with Crippen molar-refractivity contribution in [1.29, 1.82) is 0 Å². The Morgan fingerprint density at radius 2 is 1.81 bits per heavy atom. The number of carbonyl (C=O) groups excluding carboxylic acids is 1. The molecule has 1 saturated carbocycles. The molecule has 0 spiro atoms. The second kappa shape index (κ2) is 8.92. The molecule has 3 aromatic rings. The quantitative estimate of drug-likeness (QED) is 0.548. The summed E-state index contributed by atoms with van der Waals surface area (Å²) in [7, 11) is 1.42.